The van der Waals surface area contributed by atoms with E-state index < -0.39 is 0 Å². The normalized spacial score (nSPS) is 35.4. The lowest BCUT2D eigenvalue weighted by Crippen LogP contribution is -2.48. The molecule has 0 aliphatic heterocycles. The molecule has 0 amide bonds. The van der Waals surface area contributed by atoms with Crippen molar-refractivity contribution in [2.24, 2.45) is 17.8 Å². The van der Waals surface area contributed by atoms with Crippen LogP contribution in [0.5, 0.6) is 0 Å². The fraction of sp³-hybridized carbons (Fsp3) is 0.455. The summed E-state index contributed by atoms with van der Waals surface area (Å²) < 4.78 is 0. The Morgan fingerprint density at radius 1 is 0.783 bits per heavy atom. The summed E-state index contributed by atoms with van der Waals surface area (Å²) in [5, 5.41) is 4.18. The summed E-state index contributed by atoms with van der Waals surface area (Å²) in [6, 6.07) is 15.9. The minimum Gasteiger partial charge on any atom is -0.358 e. The molecule has 4 bridgehead atoms. The molecule has 1 nitrogen and oxygen atoms in total. The predicted molar refractivity (Wildman–Crippen MR) is 95.7 cm³/mol. The molecule has 4 aliphatic rings. The molecule has 23 heavy (non-hydrogen) atoms. The summed E-state index contributed by atoms with van der Waals surface area (Å²) in [5.74, 6) is 3.01. The molecule has 1 N–H and O–H groups in total. The summed E-state index contributed by atoms with van der Waals surface area (Å²) in [4.78, 5) is 3.84. The lowest BCUT2D eigenvalue weighted by Gasteiger charge is -2.56. The van der Waals surface area contributed by atoms with Crippen molar-refractivity contribution in [1.29, 1.82) is 0 Å². The van der Waals surface area contributed by atoms with Crippen LogP contribution in [0.3, 0.4) is 0 Å². The van der Waals surface area contributed by atoms with Gasteiger partial charge in [0.2, 0.25) is 0 Å². The van der Waals surface area contributed by atoms with Crippen LogP contribution in [0.25, 0.3) is 21.7 Å². The van der Waals surface area contributed by atoms with Crippen molar-refractivity contribution in [2.45, 2.75) is 43.9 Å². The maximum absolute atomic E-state index is 3.84. The number of benzene rings is 2. The first kappa shape index (κ1) is 12.6. The van der Waals surface area contributed by atoms with E-state index in [4.69, 9.17) is 0 Å². The highest BCUT2D eigenvalue weighted by Crippen LogP contribution is 2.60. The van der Waals surface area contributed by atoms with E-state index >= 15 is 0 Å². The average Bonchev–Trinajstić information content (AvgIpc) is 2.99. The highest BCUT2D eigenvalue weighted by Gasteiger charge is 2.52. The molecule has 116 valence electrons. The van der Waals surface area contributed by atoms with Crippen LogP contribution < -0.4 is 0 Å². The summed E-state index contributed by atoms with van der Waals surface area (Å²) in [6.45, 7) is 0. The molecule has 0 radical (unpaired) electrons. The largest absolute Gasteiger partial charge is 0.358 e. The Hall–Kier alpha value is -1.76. The SMILES string of the molecule is c1ccc2c(c1)ccc1[nH]c(C34CC5CC(CC(C5)C3)C4)cc12. The van der Waals surface area contributed by atoms with Gasteiger partial charge in [0.05, 0.1) is 0 Å². The Morgan fingerprint density at radius 3 is 2.22 bits per heavy atom. The monoisotopic (exact) mass is 301 g/mol. The lowest BCUT2D eigenvalue weighted by atomic mass is 9.49. The van der Waals surface area contributed by atoms with Gasteiger partial charge in [-0.3, -0.25) is 0 Å². The molecule has 1 aromatic heterocycles. The number of H-pyrrole nitrogens is 1. The van der Waals surface area contributed by atoms with Gasteiger partial charge in [-0.05, 0) is 79.2 Å². The number of hydrogen-bond donors (Lipinski definition) is 1. The van der Waals surface area contributed by atoms with E-state index in [0.29, 0.717) is 5.41 Å². The maximum Gasteiger partial charge on any atom is 0.0462 e. The fourth-order valence-corrected chi connectivity index (χ4v) is 6.61. The molecule has 7 rings (SSSR count). The smallest absolute Gasteiger partial charge is 0.0462 e. The van der Waals surface area contributed by atoms with Gasteiger partial charge in [0.25, 0.3) is 0 Å². The van der Waals surface area contributed by atoms with Gasteiger partial charge in [0, 0.05) is 22.0 Å². The second kappa shape index (κ2) is 4.20. The Morgan fingerprint density at radius 2 is 1.48 bits per heavy atom. The van der Waals surface area contributed by atoms with Crippen LogP contribution in [0, 0.1) is 17.8 Å². The first-order valence-corrected chi connectivity index (χ1v) is 9.30. The lowest BCUT2D eigenvalue weighted by molar-refractivity contribution is -0.00686. The first-order chi connectivity index (χ1) is 11.3. The number of nitrogens with one attached hydrogen (secondary N) is 1. The van der Waals surface area contributed by atoms with Gasteiger partial charge in [0.1, 0.15) is 0 Å². The van der Waals surface area contributed by atoms with E-state index in [1.54, 1.807) is 5.69 Å². The van der Waals surface area contributed by atoms with Crippen LogP contribution in [0.4, 0.5) is 0 Å². The van der Waals surface area contributed by atoms with Crippen LogP contribution in [0.15, 0.2) is 42.5 Å². The van der Waals surface area contributed by atoms with Crippen LogP contribution in [0.1, 0.15) is 44.2 Å². The molecule has 0 spiro atoms. The summed E-state index contributed by atoms with van der Waals surface area (Å²) >= 11 is 0. The number of aromatic nitrogens is 1. The molecule has 4 aliphatic carbocycles. The van der Waals surface area contributed by atoms with Crippen molar-refractivity contribution in [2.75, 3.05) is 0 Å². The van der Waals surface area contributed by atoms with E-state index in [-0.39, 0.29) is 0 Å². The zero-order valence-corrected chi connectivity index (χ0v) is 13.5. The molecule has 0 unspecified atom stereocenters. The topological polar surface area (TPSA) is 15.8 Å². The van der Waals surface area contributed by atoms with Gasteiger partial charge >= 0.3 is 0 Å². The Labute approximate surface area is 137 Å². The number of hydrogen-bond acceptors (Lipinski definition) is 0. The van der Waals surface area contributed by atoms with E-state index in [1.807, 2.05) is 0 Å². The molecular formula is C22H23N. The van der Waals surface area contributed by atoms with Gasteiger partial charge in [-0.2, -0.15) is 0 Å². The fourth-order valence-electron chi connectivity index (χ4n) is 6.61. The quantitative estimate of drug-likeness (QED) is 0.585. The van der Waals surface area contributed by atoms with Gasteiger partial charge < -0.3 is 4.98 Å². The van der Waals surface area contributed by atoms with E-state index in [9.17, 15) is 0 Å². The third-order valence-electron chi connectivity index (χ3n) is 7.14. The highest BCUT2D eigenvalue weighted by atomic mass is 14.8. The number of rotatable bonds is 1. The van der Waals surface area contributed by atoms with Gasteiger partial charge in [0.15, 0.2) is 0 Å². The van der Waals surface area contributed by atoms with E-state index in [0.717, 1.165) is 17.8 Å². The third kappa shape index (κ3) is 1.68. The molecule has 2 aromatic carbocycles. The van der Waals surface area contributed by atoms with Gasteiger partial charge in [-0.1, -0.05) is 30.3 Å². The minimum absolute atomic E-state index is 0.467. The van der Waals surface area contributed by atoms with Gasteiger partial charge in [-0.15, -0.1) is 0 Å². The van der Waals surface area contributed by atoms with Gasteiger partial charge in [-0.25, -0.2) is 0 Å². The second-order valence-electron chi connectivity index (χ2n) is 8.63. The average molecular weight is 301 g/mol. The van der Waals surface area contributed by atoms with Crippen molar-refractivity contribution < 1.29 is 0 Å². The van der Waals surface area contributed by atoms with Crippen LogP contribution in [-0.2, 0) is 5.41 Å². The van der Waals surface area contributed by atoms with Crippen molar-refractivity contribution in [3.63, 3.8) is 0 Å². The zero-order chi connectivity index (χ0) is 15.0. The van der Waals surface area contributed by atoms with Crippen LogP contribution >= 0.6 is 0 Å². The number of fused-ring (bicyclic) bond motifs is 3. The molecular weight excluding hydrogens is 278 g/mol. The zero-order valence-electron chi connectivity index (χ0n) is 13.5. The van der Waals surface area contributed by atoms with Crippen molar-refractivity contribution >= 4 is 21.7 Å². The van der Waals surface area contributed by atoms with Crippen LogP contribution in [0.2, 0.25) is 0 Å². The summed E-state index contributed by atoms with van der Waals surface area (Å²) in [5.41, 5.74) is 3.34. The Bertz CT molecular complexity index is 881. The maximum atomic E-state index is 3.84. The molecule has 0 saturated heterocycles. The third-order valence-corrected chi connectivity index (χ3v) is 7.14. The summed E-state index contributed by atoms with van der Waals surface area (Å²) in [6.07, 6.45) is 8.85. The van der Waals surface area contributed by atoms with Crippen molar-refractivity contribution in [1.82, 2.24) is 4.98 Å². The highest BCUT2D eigenvalue weighted by molar-refractivity contribution is 6.06. The first-order valence-electron chi connectivity index (χ1n) is 9.30. The predicted octanol–water partition coefficient (Wildman–Crippen LogP) is 5.79. The van der Waals surface area contributed by atoms with Crippen molar-refractivity contribution in [3.05, 3.63) is 48.2 Å². The molecule has 1 heteroatoms. The molecule has 4 fully saturated rings. The second-order valence-corrected chi connectivity index (χ2v) is 8.63. The molecule has 0 atom stereocenters. The van der Waals surface area contributed by atoms with E-state index in [2.05, 4.69) is 47.4 Å². The molecule has 1 heterocycles. The van der Waals surface area contributed by atoms with E-state index in [1.165, 1.54) is 60.2 Å². The van der Waals surface area contributed by atoms with Crippen LogP contribution in [-0.4, -0.2) is 4.98 Å². The van der Waals surface area contributed by atoms with Crippen molar-refractivity contribution in [3.8, 4) is 0 Å². The Kier molecular flexibility index (Phi) is 2.31. The standard InChI is InChI=1S/C22H23N/c1-2-4-18-17(3-1)5-6-20-19(18)10-21(23-20)22-11-14-7-15(12-22)9-16(8-14)13-22/h1-6,10,14-16,23H,7-9,11-13H2. The minimum atomic E-state index is 0.467. The number of aromatic amines is 1. The summed E-state index contributed by atoms with van der Waals surface area (Å²) in [7, 11) is 0. The molecule has 4 saturated carbocycles. The molecule has 3 aromatic rings. The Balaban J connectivity index is 1.56.